The van der Waals surface area contributed by atoms with Gasteiger partial charge in [0.05, 0.1) is 30.2 Å². The number of rotatable bonds is 11. The molecule has 0 bridgehead atoms. The number of nitrogens with one attached hydrogen (secondary N) is 2. The minimum Gasteiger partial charge on any atom is -0.397 e. The number of morpholine rings is 1. The van der Waals surface area contributed by atoms with E-state index in [-0.39, 0.29) is 18.1 Å². The van der Waals surface area contributed by atoms with Gasteiger partial charge in [-0.15, -0.1) is 0 Å². The second-order valence-electron chi connectivity index (χ2n) is 9.84. The summed E-state index contributed by atoms with van der Waals surface area (Å²) in [4.78, 5) is 41.6. The quantitative estimate of drug-likeness (QED) is 0.172. The van der Waals surface area contributed by atoms with Gasteiger partial charge in [0, 0.05) is 37.9 Å². The van der Waals surface area contributed by atoms with E-state index >= 15 is 0 Å². The predicted molar refractivity (Wildman–Crippen MR) is 158 cm³/mol. The van der Waals surface area contributed by atoms with Gasteiger partial charge in [-0.2, -0.15) is 13.2 Å². The Labute approximate surface area is 247 Å². The van der Waals surface area contributed by atoms with Crippen LogP contribution in [0.1, 0.15) is 22.7 Å². The van der Waals surface area contributed by atoms with E-state index in [2.05, 4.69) is 15.5 Å². The number of anilines is 3. The molecule has 3 amide bonds. The molecular weight excluding hydrogens is 563 g/mol. The number of carbonyl (C=O) groups excluding carboxylic acids is 3. The first kappa shape index (κ1) is 31.3. The lowest BCUT2D eigenvalue weighted by Gasteiger charge is -2.32. The molecule has 0 aromatic heterocycles. The molecule has 4 N–H and O–H groups in total. The number of nitrogen functional groups attached to an aromatic ring is 1. The molecule has 0 spiro atoms. The number of hydrogen-bond acceptors (Lipinski definition) is 6. The number of carbonyl (C=O) groups is 3. The molecule has 1 aliphatic rings. The van der Waals surface area contributed by atoms with Gasteiger partial charge >= 0.3 is 6.18 Å². The number of para-hydroxylation sites is 2. The first-order chi connectivity index (χ1) is 20.6. The van der Waals surface area contributed by atoms with Crippen molar-refractivity contribution in [3.8, 4) is 0 Å². The number of ether oxygens (including phenoxy) is 1. The molecule has 4 rings (SSSR count). The molecule has 9 nitrogen and oxygen atoms in total. The van der Waals surface area contributed by atoms with Crippen LogP contribution in [-0.4, -0.2) is 67.4 Å². The zero-order valence-electron chi connectivity index (χ0n) is 23.2. The molecule has 1 atom stereocenters. The van der Waals surface area contributed by atoms with Crippen molar-refractivity contribution in [2.45, 2.75) is 12.2 Å². The Bertz CT molecular complexity index is 1420. The van der Waals surface area contributed by atoms with Crippen molar-refractivity contribution >= 4 is 41.4 Å². The molecule has 43 heavy (non-hydrogen) atoms. The summed E-state index contributed by atoms with van der Waals surface area (Å²) in [5.41, 5.74) is 7.24. The Morgan fingerprint density at radius 1 is 0.977 bits per heavy atom. The minimum absolute atomic E-state index is 0.159. The standard InChI is InChI=1S/C31H32F3N5O4/c32-31(33,34)24-10-12-25(13-11-24)36-30(42)29(39(21-40)16-15-38-17-19-43-20-18-38)23-8-5-22(6-9-23)7-14-28(41)37-27-4-2-1-3-26(27)35/h1-14,21,29H,15-20,35H2,(H,36,42)(H,37,41)/b14-7+. The zero-order valence-corrected chi connectivity index (χ0v) is 23.2. The van der Waals surface area contributed by atoms with Crippen molar-refractivity contribution in [3.63, 3.8) is 0 Å². The fourth-order valence-corrected chi connectivity index (χ4v) is 4.52. The van der Waals surface area contributed by atoms with Crippen molar-refractivity contribution < 1.29 is 32.3 Å². The highest BCUT2D eigenvalue weighted by Gasteiger charge is 2.31. The van der Waals surface area contributed by atoms with Crippen LogP contribution < -0.4 is 16.4 Å². The Morgan fingerprint density at radius 2 is 1.65 bits per heavy atom. The highest BCUT2D eigenvalue weighted by atomic mass is 19.4. The molecule has 0 radical (unpaired) electrons. The monoisotopic (exact) mass is 595 g/mol. The summed E-state index contributed by atoms with van der Waals surface area (Å²) in [6.07, 6.45) is -0.989. The molecular formula is C31H32F3N5O4. The summed E-state index contributed by atoms with van der Waals surface area (Å²) >= 11 is 0. The van der Waals surface area contributed by atoms with Crippen molar-refractivity contribution in [1.29, 1.82) is 0 Å². The van der Waals surface area contributed by atoms with Gasteiger partial charge in [-0.25, -0.2) is 0 Å². The molecule has 1 saturated heterocycles. The lowest BCUT2D eigenvalue weighted by molar-refractivity contribution is -0.137. The maximum Gasteiger partial charge on any atom is 0.416 e. The van der Waals surface area contributed by atoms with Crippen molar-refractivity contribution in [2.75, 3.05) is 55.8 Å². The number of amides is 3. The Morgan fingerprint density at radius 3 is 2.28 bits per heavy atom. The molecule has 3 aromatic carbocycles. The van der Waals surface area contributed by atoms with E-state index in [1.54, 1.807) is 54.6 Å². The Kier molecular flexibility index (Phi) is 10.5. The number of nitrogens with zero attached hydrogens (tertiary/aromatic N) is 2. The van der Waals surface area contributed by atoms with Crippen LogP contribution in [0.4, 0.5) is 30.2 Å². The summed E-state index contributed by atoms with van der Waals surface area (Å²) in [6, 6.07) is 16.6. The van der Waals surface area contributed by atoms with Crippen LogP contribution in [0, 0.1) is 0 Å². The second-order valence-corrected chi connectivity index (χ2v) is 9.84. The SMILES string of the molecule is Nc1ccccc1NC(=O)/C=C/c1ccc(C(C(=O)Nc2ccc(C(F)(F)F)cc2)N(C=O)CCN2CCOCC2)cc1. The van der Waals surface area contributed by atoms with Gasteiger partial charge in [0.2, 0.25) is 12.3 Å². The second kappa shape index (κ2) is 14.5. The van der Waals surface area contributed by atoms with E-state index in [4.69, 9.17) is 10.5 Å². The summed E-state index contributed by atoms with van der Waals surface area (Å²) in [6.45, 7) is 3.28. The van der Waals surface area contributed by atoms with Crippen LogP contribution >= 0.6 is 0 Å². The van der Waals surface area contributed by atoms with Gasteiger partial charge in [-0.3, -0.25) is 19.3 Å². The fourth-order valence-electron chi connectivity index (χ4n) is 4.52. The molecule has 1 fully saturated rings. The average Bonchev–Trinajstić information content (AvgIpc) is 3.00. The van der Waals surface area contributed by atoms with Gasteiger partial charge in [0.25, 0.3) is 5.91 Å². The van der Waals surface area contributed by atoms with Crippen LogP contribution in [-0.2, 0) is 25.3 Å². The van der Waals surface area contributed by atoms with Gasteiger partial charge in [-0.1, -0.05) is 36.4 Å². The number of nitrogens with two attached hydrogens (primary N) is 1. The van der Waals surface area contributed by atoms with E-state index in [0.29, 0.717) is 61.8 Å². The number of benzene rings is 3. The van der Waals surface area contributed by atoms with E-state index in [9.17, 15) is 27.6 Å². The summed E-state index contributed by atoms with van der Waals surface area (Å²) in [7, 11) is 0. The molecule has 0 saturated carbocycles. The number of alkyl halides is 3. The summed E-state index contributed by atoms with van der Waals surface area (Å²) in [5.74, 6) is -0.969. The van der Waals surface area contributed by atoms with E-state index in [1.807, 2.05) is 0 Å². The number of hydrogen-bond donors (Lipinski definition) is 3. The third kappa shape index (κ3) is 8.90. The molecule has 226 valence electrons. The molecule has 1 aliphatic heterocycles. The van der Waals surface area contributed by atoms with Crippen molar-refractivity contribution in [1.82, 2.24) is 9.80 Å². The molecule has 0 aliphatic carbocycles. The molecule has 3 aromatic rings. The van der Waals surface area contributed by atoms with Gasteiger partial charge in [0.15, 0.2) is 0 Å². The van der Waals surface area contributed by atoms with Gasteiger partial charge in [0.1, 0.15) is 6.04 Å². The van der Waals surface area contributed by atoms with Crippen LogP contribution in [0.3, 0.4) is 0 Å². The first-order valence-corrected chi connectivity index (χ1v) is 13.6. The highest BCUT2D eigenvalue weighted by Crippen LogP contribution is 2.30. The first-order valence-electron chi connectivity index (χ1n) is 13.6. The highest BCUT2D eigenvalue weighted by molar-refractivity contribution is 6.03. The maximum atomic E-state index is 13.5. The lowest BCUT2D eigenvalue weighted by Crippen LogP contribution is -2.44. The van der Waals surface area contributed by atoms with Crippen LogP contribution in [0.5, 0.6) is 0 Å². The third-order valence-electron chi connectivity index (χ3n) is 6.87. The molecule has 1 heterocycles. The van der Waals surface area contributed by atoms with Crippen molar-refractivity contribution in [2.24, 2.45) is 0 Å². The van der Waals surface area contributed by atoms with E-state index in [0.717, 1.165) is 12.1 Å². The van der Waals surface area contributed by atoms with Crippen LogP contribution in [0.25, 0.3) is 6.08 Å². The lowest BCUT2D eigenvalue weighted by atomic mass is 10.0. The molecule has 12 heteroatoms. The van der Waals surface area contributed by atoms with E-state index in [1.165, 1.54) is 23.1 Å². The third-order valence-corrected chi connectivity index (χ3v) is 6.87. The predicted octanol–water partition coefficient (Wildman–Crippen LogP) is 4.41. The smallest absolute Gasteiger partial charge is 0.397 e. The Hall–Kier alpha value is -4.68. The number of halogens is 3. The van der Waals surface area contributed by atoms with E-state index < -0.39 is 23.7 Å². The average molecular weight is 596 g/mol. The fraction of sp³-hybridized carbons (Fsp3) is 0.258. The Balaban J connectivity index is 1.51. The summed E-state index contributed by atoms with van der Waals surface area (Å²) < 4.78 is 44.3. The summed E-state index contributed by atoms with van der Waals surface area (Å²) in [5, 5.41) is 5.34. The van der Waals surface area contributed by atoms with Gasteiger partial charge in [-0.05, 0) is 53.6 Å². The largest absolute Gasteiger partial charge is 0.416 e. The van der Waals surface area contributed by atoms with Gasteiger partial charge < -0.3 is 26.0 Å². The topological polar surface area (TPSA) is 117 Å². The normalized spacial score (nSPS) is 14.7. The maximum absolute atomic E-state index is 13.5. The van der Waals surface area contributed by atoms with Crippen LogP contribution in [0.2, 0.25) is 0 Å². The molecule has 1 unspecified atom stereocenters. The van der Waals surface area contributed by atoms with Crippen LogP contribution in [0.15, 0.2) is 78.9 Å². The minimum atomic E-state index is -4.51. The van der Waals surface area contributed by atoms with Crippen molar-refractivity contribution in [3.05, 3.63) is 95.6 Å². The zero-order chi connectivity index (χ0) is 30.8.